The Bertz CT molecular complexity index is 977. The van der Waals surface area contributed by atoms with Gasteiger partial charge in [-0.05, 0) is 30.0 Å². The lowest BCUT2D eigenvalue weighted by Gasteiger charge is -2.09. The monoisotopic (exact) mass is 365 g/mol. The minimum Gasteiger partial charge on any atom is -0.484 e. The molecule has 0 fully saturated rings. The summed E-state index contributed by atoms with van der Waals surface area (Å²) in [6.07, 6.45) is 2.39. The summed E-state index contributed by atoms with van der Waals surface area (Å²) in [7, 11) is 0. The molecule has 5 nitrogen and oxygen atoms in total. The summed E-state index contributed by atoms with van der Waals surface area (Å²) < 4.78 is 11.2. The molecule has 1 amide bonds. The van der Waals surface area contributed by atoms with E-state index in [-0.39, 0.29) is 17.9 Å². The Hall–Kier alpha value is -3.08. The van der Waals surface area contributed by atoms with Gasteiger partial charge in [-0.2, -0.15) is 0 Å². The van der Waals surface area contributed by atoms with Crippen molar-refractivity contribution in [3.8, 4) is 16.9 Å². The maximum Gasteiger partial charge on any atom is 0.257 e. The summed E-state index contributed by atoms with van der Waals surface area (Å²) in [5.74, 6) is 0.851. The van der Waals surface area contributed by atoms with Crippen molar-refractivity contribution in [3.05, 3.63) is 65.0 Å². The highest BCUT2D eigenvalue weighted by Gasteiger charge is 2.10. The lowest BCUT2D eigenvalue weighted by molar-refractivity contribution is -0.123. The van der Waals surface area contributed by atoms with Crippen LogP contribution in [0.5, 0.6) is 5.75 Å². The van der Waals surface area contributed by atoms with Crippen molar-refractivity contribution in [1.29, 1.82) is 0 Å². The standard InChI is InChI=1S/C22H23NO4/c1-15(2)10-11-23-21(24)14-26-17-8-9-18-20(12-17)27-13-19(22(18)25)16-6-4-3-5-7-16/h3-9,12-13,15H,10-11,14H2,1-2H3,(H,23,24). The number of hydrogen-bond acceptors (Lipinski definition) is 4. The van der Waals surface area contributed by atoms with Crippen LogP contribution in [0.2, 0.25) is 0 Å². The van der Waals surface area contributed by atoms with Crippen molar-refractivity contribution < 1.29 is 13.9 Å². The number of rotatable bonds is 7. The number of carbonyl (C=O) groups excluding carboxylic acids is 1. The van der Waals surface area contributed by atoms with E-state index in [2.05, 4.69) is 19.2 Å². The van der Waals surface area contributed by atoms with Gasteiger partial charge in [-0.3, -0.25) is 9.59 Å². The molecule has 1 heterocycles. The van der Waals surface area contributed by atoms with E-state index >= 15 is 0 Å². The Balaban J connectivity index is 1.71. The number of fused-ring (bicyclic) bond motifs is 1. The van der Waals surface area contributed by atoms with Gasteiger partial charge in [0.2, 0.25) is 0 Å². The molecule has 0 spiro atoms. The molecular formula is C22H23NO4. The molecule has 0 saturated heterocycles. The zero-order valence-electron chi connectivity index (χ0n) is 15.5. The maximum absolute atomic E-state index is 12.7. The number of nitrogens with one attached hydrogen (secondary N) is 1. The molecule has 5 heteroatoms. The smallest absolute Gasteiger partial charge is 0.257 e. The van der Waals surface area contributed by atoms with Crippen LogP contribution < -0.4 is 15.5 Å². The van der Waals surface area contributed by atoms with Crippen molar-refractivity contribution in [3.63, 3.8) is 0 Å². The first kappa shape index (κ1) is 18.7. The second-order valence-corrected chi connectivity index (χ2v) is 6.82. The quantitative estimate of drug-likeness (QED) is 0.687. The molecule has 140 valence electrons. The third-order valence-corrected chi connectivity index (χ3v) is 4.24. The zero-order chi connectivity index (χ0) is 19.2. The Morgan fingerprint density at radius 1 is 1.15 bits per heavy atom. The molecule has 0 aliphatic carbocycles. The summed E-state index contributed by atoms with van der Waals surface area (Å²) in [6.45, 7) is 4.77. The van der Waals surface area contributed by atoms with Crippen LogP contribution in [0.15, 0.2) is 64.0 Å². The van der Waals surface area contributed by atoms with Gasteiger partial charge >= 0.3 is 0 Å². The normalized spacial score (nSPS) is 10.9. The summed E-state index contributed by atoms with van der Waals surface area (Å²) in [6, 6.07) is 14.4. The molecule has 0 radical (unpaired) electrons. The van der Waals surface area contributed by atoms with Crippen LogP contribution in [0.4, 0.5) is 0 Å². The van der Waals surface area contributed by atoms with Gasteiger partial charge in [-0.15, -0.1) is 0 Å². The van der Waals surface area contributed by atoms with Crippen molar-refractivity contribution in [2.45, 2.75) is 20.3 Å². The van der Waals surface area contributed by atoms with Crippen molar-refractivity contribution in [2.24, 2.45) is 5.92 Å². The molecule has 3 rings (SSSR count). The van der Waals surface area contributed by atoms with E-state index in [1.807, 2.05) is 30.3 Å². The highest BCUT2D eigenvalue weighted by Crippen LogP contribution is 2.23. The minimum atomic E-state index is -0.170. The molecule has 0 aliphatic rings. The molecule has 1 N–H and O–H groups in total. The first-order valence-electron chi connectivity index (χ1n) is 9.05. The number of amides is 1. The third kappa shape index (κ3) is 4.76. The van der Waals surface area contributed by atoms with Gasteiger partial charge in [0, 0.05) is 12.6 Å². The fourth-order valence-electron chi connectivity index (χ4n) is 2.72. The van der Waals surface area contributed by atoms with E-state index in [0.717, 1.165) is 12.0 Å². The van der Waals surface area contributed by atoms with Gasteiger partial charge in [0.15, 0.2) is 12.0 Å². The Morgan fingerprint density at radius 3 is 2.67 bits per heavy atom. The molecule has 0 saturated carbocycles. The minimum absolute atomic E-state index is 0.0735. The predicted octanol–water partition coefficient (Wildman–Crippen LogP) is 4.00. The van der Waals surface area contributed by atoms with Crippen LogP contribution in [0.1, 0.15) is 20.3 Å². The first-order valence-corrected chi connectivity index (χ1v) is 9.05. The summed E-state index contributed by atoms with van der Waals surface area (Å²) >= 11 is 0. The molecule has 0 aliphatic heterocycles. The van der Waals surface area contributed by atoms with E-state index in [1.54, 1.807) is 18.2 Å². The van der Waals surface area contributed by atoms with Gasteiger partial charge in [0.05, 0.1) is 10.9 Å². The SMILES string of the molecule is CC(C)CCNC(=O)COc1ccc2c(=O)c(-c3ccccc3)coc2c1. The van der Waals surface area contributed by atoms with Gasteiger partial charge in [0.25, 0.3) is 5.91 Å². The van der Waals surface area contributed by atoms with Gasteiger partial charge in [-0.25, -0.2) is 0 Å². The van der Waals surface area contributed by atoms with E-state index in [0.29, 0.717) is 34.7 Å². The lowest BCUT2D eigenvalue weighted by Crippen LogP contribution is -2.30. The van der Waals surface area contributed by atoms with Crippen LogP contribution in [-0.4, -0.2) is 19.1 Å². The summed E-state index contributed by atoms with van der Waals surface area (Å²) in [4.78, 5) is 24.5. The molecule has 1 aromatic heterocycles. The fraction of sp³-hybridized carbons (Fsp3) is 0.273. The Morgan fingerprint density at radius 2 is 1.93 bits per heavy atom. The highest BCUT2D eigenvalue weighted by atomic mass is 16.5. The van der Waals surface area contributed by atoms with E-state index in [4.69, 9.17) is 9.15 Å². The second-order valence-electron chi connectivity index (χ2n) is 6.82. The summed E-state index contributed by atoms with van der Waals surface area (Å²) in [5, 5.41) is 3.30. The lowest BCUT2D eigenvalue weighted by atomic mass is 10.1. The van der Waals surface area contributed by atoms with Crippen molar-refractivity contribution >= 4 is 16.9 Å². The van der Waals surface area contributed by atoms with E-state index in [1.165, 1.54) is 6.26 Å². The molecule has 0 unspecified atom stereocenters. The molecule has 3 aromatic rings. The van der Waals surface area contributed by atoms with E-state index in [9.17, 15) is 9.59 Å². The number of carbonyl (C=O) groups is 1. The molecular weight excluding hydrogens is 342 g/mol. The average molecular weight is 365 g/mol. The van der Waals surface area contributed by atoms with Gasteiger partial charge < -0.3 is 14.5 Å². The van der Waals surface area contributed by atoms with Crippen molar-refractivity contribution in [2.75, 3.05) is 13.2 Å². The maximum atomic E-state index is 12.7. The molecule has 2 aromatic carbocycles. The molecule has 0 bridgehead atoms. The number of benzene rings is 2. The van der Waals surface area contributed by atoms with Crippen LogP contribution >= 0.6 is 0 Å². The largest absolute Gasteiger partial charge is 0.484 e. The van der Waals surface area contributed by atoms with E-state index < -0.39 is 0 Å². The van der Waals surface area contributed by atoms with Crippen LogP contribution in [0.25, 0.3) is 22.1 Å². The molecule has 27 heavy (non-hydrogen) atoms. The Kier molecular flexibility index (Phi) is 5.91. The van der Waals surface area contributed by atoms with Gasteiger partial charge in [0.1, 0.15) is 17.6 Å². The topological polar surface area (TPSA) is 68.5 Å². The second kappa shape index (κ2) is 8.54. The van der Waals surface area contributed by atoms with Crippen LogP contribution in [0, 0.1) is 5.92 Å². The summed E-state index contributed by atoms with van der Waals surface area (Å²) in [5.41, 5.74) is 1.66. The number of hydrogen-bond donors (Lipinski definition) is 1. The fourth-order valence-corrected chi connectivity index (χ4v) is 2.72. The zero-order valence-corrected chi connectivity index (χ0v) is 15.5. The highest BCUT2D eigenvalue weighted by molar-refractivity contribution is 5.83. The van der Waals surface area contributed by atoms with Crippen LogP contribution in [-0.2, 0) is 4.79 Å². The Labute approximate surface area is 158 Å². The van der Waals surface area contributed by atoms with Crippen LogP contribution in [0.3, 0.4) is 0 Å². The predicted molar refractivity (Wildman–Crippen MR) is 106 cm³/mol. The third-order valence-electron chi connectivity index (χ3n) is 4.24. The number of ether oxygens (including phenoxy) is 1. The first-order chi connectivity index (χ1) is 13.0. The average Bonchev–Trinajstić information content (AvgIpc) is 2.67. The van der Waals surface area contributed by atoms with Crippen molar-refractivity contribution in [1.82, 2.24) is 5.32 Å². The molecule has 0 atom stereocenters. The van der Waals surface area contributed by atoms with Gasteiger partial charge in [-0.1, -0.05) is 44.2 Å².